The zero-order valence-electron chi connectivity index (χ0n) is 19.6. The van der Waals surface area contributed by atoms with Crippen molar-refractivity contribution in [3.05, 3.63) is 72.3 Å². The second kappa shape index (κ2) is 8.53. The van der Waals surface area contributed by atoms with Crippen LogP contribution in [-0.2, 0) is 6.54 Å². The van der Waals surface area contributed by atoms with Crippen LogP contribution in [0.2, 0.25) is 0 Å². The van der Waals surface area contributed by atoms with Crippen molar-refractivity contribution < 1.29 is 8.78 Å². The van der Waals surface area contributed by atoms with Crippen molar-refractivity contribution in [2.45, 2.75) is 18.9 Å². The van der Waals surface area contributed by atoms with Gasteiger partial charge in [0.1, 0.15) is 5.69 Å². The van der Waals surface area contributed by atoms with Crippen molar-refractivity contribution in [1.29, 1.82) is 0 Å². The first-order valence-corrected chi connectivity index (χ1v) is 12.8. The second-order valence-electron chi connectivity index (χ2n) is 9.40. The normalized spacial score (nSPS) is 15.7. The SMILES string of the molecule is FC1(F)CCN(Cc2cncc(-c3cnc4[nH]nc(-c5cc6c(-c7cccs7)cncc6[nH]5)c4c3)c2)C1. The monoisotopic (exact) mass is 513 g/mol. The fourth-order valence-corrected chi connectivity index (χ4v) is 5.76. The van der Waals surface area contributed by atoms with Crippen molar-refractivity contribution in [3.63, 3.8) is 0 Å². The molecule has 0 aromatic carbocycles. The number of halogens is 2. The van der Waals surface area contributed by atoms with E-state index in [0.29, 0.717) is 18.7 Å². The minimum absolute atomic E-state index is 0.0946. The molecule has 0 spiro atoms. The number of aromatic nitrogens is 6. The topological polar surface area (TPSA) is 86.4 Å². The van der Waals surface area contributed by atoms with Gasteiger partial charge < -0.3 is 4.98 Å². The largest absolute Gasteiger partial charge is 0.352 e. The Morgan fingerprint density at radius 3 is 2.73 bits per heavy atom. The maximum atomic E-state index is 13.6. The third kappa shape index (κ3) is 4.08. The summed E-state index contributed by atoms with van der Waals surface area (Å²) >= 11 is 1.68. The number of H-pyrrole nitrogens is 2. The van der Waals surface area contributed by atoms with E-state index in [1.165, 1.54) is 0 Å². The molecule has 1 aliphatic rings. The third-order valence-electron chi connectivity index (χ3n) is 6.79. The molecule has 7 rings (SSSR count). The summed E-state index contributed by atoms with van der Waals surface area (Å²) in [7, 11) is 0. The molecule has 0 radical (unpaired) electrons. The Kier molecular flexibility index (Phi) is 5.12. The van der Waals surface area contributed by atoms with E-state index in [2.05, 4.69) is 47.6 Å². The summed E-state index contributed by atoms with van der Waals surface area (Å²) in [5, 5.41) is 11.6. The lowest BCUT2D eigenvalue weighted by molar-refractivity contribution is 0.0115. The minimum atomic E-state index is -2.61. The lowest BCUT2D eigenvalue weighted by Crippen LogP contribution is -2.24. The van der Waals surface area contributed by atoms with Crippen molar-refractivity contribution in [2.75, 3.05) is 13.1 Å². The number of nitrogens with zero attached hydrogens (tertiary/aromatic N) is 5. The molecule has 2 N–H and O–H groups in total. The molecule has 0 saturated carbocycles. The standard InChI is InChI=1S/C27H21F2N7S/c28-27(29)3-4-36(15-27)14-16-6-17(10-30-9-16)18-7-20-25(34-35-26(20)32-11-18)22-8-19-21(24-2-1-5-37-24)12-31-13-23(19)33-22/h1-2,5-13,33H,3-4,14-15H2,(H,32,34,35). The molecule has 6 aromatic rings. The highest BCUT2D eigenvalue weighted by molar-refractivity contribution is 7.13. The molecular formula is C27H21F2N7S. The number of hydrogen-bond donors (Lipinski definition) is 2. The molecule has 0 aliphatic carbocycles. The summed E-state index contributed by atoms with van der Waals surface area (Å²) in [6.45, 7) is 0.618. The van der Waals surface area contributed by atoms with Crippen molar-refractivity contribution in [3.8, 4) is 33.0 Å². The van der Waals surface area contributed by atoms with Gasteiger partial charge in [0.15, 0.2) is 5.65 Å². The van der Waals surface area contributed by atoms with Crippen LogP contribution in [0, 0.1) is 0 Å². The van der Waals surface area contributed by atoms with Gasteiger partial charge in [0.25, 0.3) is 5.92 Å². The van der Waals surface area contributed by atoms with Gasteiger partial charge in [0.2, 0.25) is 0 Å². The van der Waals surface area contributed by atoms with Crippen LogP contribution in [0.1, 0.15) is 12.0 Å². The smallest absolute Gasteiger partial charge is 0.261 e. The lowest BCUT2D eigenvalue weighted by Gasteiger charge is -2.15. The number of fused-ring (bicyclic) bond motifs is 2. The number of nitrogens with one attached hydrogen (secondary N) is 2. The van der Waals surface area contributed by atoms with E-state index in [4.69, 9.17) is 0 Å². The Morgan fingerprint density at radius 2 is 1.89 bits per heavy atom. The highest BCUT2D eigenvalue weighted by Crippen LogP contribution is 2.36. The summed E-state index contributed by atoms with van der Waals surface area (Å²) < 4.78 is 27.2. The molecule has 0 bridgehead atoms. The van der Waals surface area contributed by atoms with Gasteiger partial charge in [0.05, 0.1) is 24.0 Å². The number of thiophene rings is 1. The first-order valence-electron chi connectivity index (χ1n) is 11.9. The van der Waals surface area contributed by atoms with Crippen LogP contribution in [0.25, 0.3) is 54.9 Å². The number of likely N-dealkylation sites (tertiary alicyclic amines) is 1. The Balaban J connectivity index is 1.24. The lowest BCUT2D eigenvalue weighted by atomic mass is 10.1. The number of alkyl halides is 2. The fourth-order valence-electron chi connectivity index (χ4n) is 5.01. The van der Waals surface area contributed by atoms with Crippen LogP contribution in [0.5, 0.6) is 0 Å². The molecule has 184 valence electrons. The van der Waals surface area contributed by atoms with Crippen LogP contribution in [-0.4, -0.2) is 54.0 Å². The van der Waals surface area contributed by atoms with Gasteiger partial charge >= 0.3 is 0 Å². The Hall–Kier alpha value is -4.02. The van der Waals surface area contributed by atoms with Crippen LogP contribution in [0.3, 0.4) is 0 Å². The van der Waals surface area contributed by atoms with E-state index in [0.717, 1.165) is 54.8 Å². The van der Waals surface area contributed by atoms with Crippen LogP contribution >= 0.6 is 11.3 Å². The quantitative estimate of drug-likeness (QED) is 0.290. The molecule has 7 heterocycles. The van der Waals surface area contributed by atoms with E-state index in [9.17, 15) is 8.78 Å². The van der Waals surface area contributed by atoms with Gasteiger partial charge in [-0.1, -0.05) is 6.07 Å². The molecule has 0 unspecified atom stereocenters. The van der Waals surface area contributed by atoms with E-state index in [1.807, 2.05) is 30.6 Å². The molecule has 37 heavy (non-hydrogen) atoms. The Labute approximate surface area is 214 Å². The van der Waals surface area contributed by atoms with E-state index in [-0.39, 0.29) is 13.0 Å². The number of rotatable bonds is 5. The predicted octanol–water partition coefficient (Wildman–Crippen LogP) is 6.13. The predicted molar refractivity (Wildman–Crippen MR) is 140 cm³/mol. The first kappa shape index (κ1) is 22.2. The van der Waals surface area contributed by atoms with E-state index >= 15 is 0 Å². The summed E-state index contributed by atoms with van der Waals surface area (Å²) in [6, 6.07) is 10.3. The molecule has 1 fully saturated rings. The summed E-state index contributed by atoms with van der Waals surface area (Å²) in [5.41, 5.74) is 6.98. The van der Waals surface area contributed by atoms with Gasteiger partial charge in [-0.3, -0.25) is 20.0 Å². The first-order chi connectivity index (χ1) is 18.0. The van der Waals surface area contributed by atoms with Gasteiger partial charge in [-0.15, -0.1) is 11.3 Å². The maximum absolute atomic E-state index is 13.6. The van der Waals surface area contributed by atoms with Crippen LogP contribution in [0.4, 0.5) is 8.78 Å². The van der Waals surface area contributed by atoms with Gasteiger partial charge in [-0.2, -0.15) is 5.10 Å². The molecule has 0 atom stereocenters. The summed E-state index contributed by atoms with van der Waals surface area (Å²) in [5.74, 6) is -2.61. The number of aromatic amines is 2. The van der Waals surface area contributed by atoms with Crippen LogP contribution in [0.15, 0.2) is 66.7 Å². The average Bonchev–Trinajstić information content (AvgIpc) is 3.69. The molecule has 1 aliphatic heterocycles. The molecule has 1 saturated heterocycles. The van der Waals surface area contributed by atoms with E-state index < -0.39 is 5.92 Å². The Morgan fingerprint density at radius 1 is 1.00 bits per heavy atom. The molecule has 10 heteroatoms. The molecular weight excluding hydrogens is 492 g/mol. The minimum Gasteiger partial charge on any atom is -0.352 e. The zero-order valence-corrected chi connectivity index (χ0v) is 20.4. The third-order valence-corrected chi connectivity index (χ3v) is 7.69. The van der Waals surface area contributed by atoms with Crippen molar-refractivity contribution in [1.82, 2.24) is 35.0 Å². The van der Waals surface area contributed by atoms with Gasteiger partial charge in [0, 0.05) is 76.6 Å². The number of pyridine rings is 3. The summed E-state index contributed by atoms with van der Waals surface area (Å²) in [4.78, 5) is 19.8. The van der Waals surface area contributed by atoms with Crippen molar-refractivity contribution >= 4 is 33.3 Å². The zero-order chi connectivity index (χ0) is 25.0. The molecule has 7 nitrogen and oxygen atoms in total. The molecule has 0 amide bonds. The summed E-state index contributed by atoms with van der Waals surface area (Å²) in [6.07, 6.45) is 8.90. The van der Waals surface area contributed by atoms with Crippen molar-refractivity contribution in [2.24, 2.45) is 0 Å². The van der Waals surface area contributed by atoms with Crippen LogP contribution < -0.4 is 0 Å². The second-order valence-corrected chi connectivity index (χ2v) is 10.3. The average molecular weight is 514 g/mol. The van der Waals surface area contributed by atoms with Gasteiger partial charge in [-0.25, -0.2) is 13.8 Å². The highest BCUT2D eigenvalue weighted by Gasteiger charge is 2.37. The highest BCUT2D eigenvalue weighted by atomic mass is 32.1. The van der Waals surface area contributed by atoms with Gasteiger partial charge in [-0.05, 0) is 35.2 Å². The Bertz CT molecular complexity index is 1740. The van der Waals surface area contributed by atoms with E-state index in [1.54, 1.807) is 34.8 Å². The fraction of sp³-hybridized carbons (Fsp3) is 0.185. The molecule has 6 aromatic heterocycles. The number of hydrogen-bond acceptors (Lipinski definition) is 6. The maximum Gasteiger partial charge on any atom is 0.261 e.